The van der Waals surface area contributed by atoms with Crippen LogP contribution in [0.4, 0.5) is 5.69 Å². The van der Waals surface area contributed by atoms with Crippen LogP contribution < -0.4 is 20.1 Å². The summed E-state index contributed by atoms with van der Waals surface area (Å²) < 4.78 is 11.3. The fraction of sp³-hybridized carbons (Fsp3) is 0.478. The highest BCUT2D eigenvalue weighted by molar-refractivity contribution is 7.09. The van der Waals surface area contributed by atoms with E-state index < -0.39 is 0 Å². The standard InChI is InChI=1S/C23H28ClN3O4S/c24-18-13-20-21(31-11-2-10-30-20)14-19(18)26-22(28)15-27-8-5-16(6-9-27)23(29)25-7-4-17-3-1-12-32-17/h1,3,12-14,16H,2,4-11,15H2,(H,25,29)(H,26,28). The molecule has 0 atom stereocenters. The Morgan fingerprint density at radius 1 is 1.16 bits per heavy atom. The number of hydrogen-bond acceptors (Lipinski definition) is 6. The van der Waals surface area contributed by atoms with Crippen molar-refractivity contribution in [2.45, 2.75) is 25.7 Å². The second-order valence-corrected chi connectivity index (χ2v) is 9.49. The average molecular weight is 478 g/mol. The molecule has 172 valence electrons. The zero-order chi connectivity index (χ0) is 22.3. The molecular weight excluding hydrogens is 450 g/mol. The van der Waals surface area contributed by atoms with Crippen LogP contribution in [-0.4, -0.2) is 56.1 Å². The third-order valence-electron chi connectivity index (χ3n) is 5.69. The van der Waals surface area contributed by atoms with Crippen LogP contribution in [0.2, 0.25) is 5.02 Å². The fourth-order valence-corrected chi connectivity index (χ4v) is 4.84. The molecule has 0 spiro atoms. The first-order valence-corrected chi connectivity index (χ1v) is 12.3. The number of anilines is 1. The summed E-state index contributed by atoms with van der Waals surface area (Å²) in [5.74, 6) is 1.17. The van der Waals surface area contributed by atoms with Gasteiger partial charge in [-0.3, -0.25) is 14.5 Å². The van der Waals surface area contributed by atoms with Crippen LogP contribution in [0.15, 0.2) is 29.6 Å². The van der Waals surface area contributed by atoms with Gasteiger partial charge in [0.15, 0.2) is 11.5 Å². The molecule has 0 aliphatic carbocycles. The van der Waals surface area contributed by atoms with E-state index in [4.69, 9.17) is 21.1 Å². The maximum Gasteiger partial charge on any atom is 0.238 e. The number of hydrogen-bond donors (Lipinski definition) is 2. The number of amides is 2. The molecular formula is C23H28ClN3O4S. The van der Waals surface area contributed by atoms with E-state index in [-0.39, 0.29) is 24.3 Å². The maximum absolute atomic E-state index is 12.6. The summed E-state index contributed by atoms with van der Waals surface area (Å²) in [5.41, 5.74) is 0.515. The lowest BCUT2D eigenvalue weighted by Crippen LogP contribution is -2.43. The summed E-state index contributed by atoms with van der Waals surface area (Å²) in [6.45, 7) is 3.50. The predicted molar refractivity (Wildman–Crippen MR) is 126 cm³/mol. The Morgan fingerprint density at radius 2 is 1.91 bits per heavy atom. The molecule has 2 aliphatic heterocycles. The van der Waals surface area contributed by atoms with Crippen molar-refractivity contribution in [3.8, 4) is 11.5 Å². The number of piperidine rings is 1. The van der Waals surface area contributed by atoms with E-state index >= 15 is 0 Å². The summed E-state index contributed by atoms with van der Waals surface area (Å²) >= 11 is 8.03. The second kappa shape index (κ2) is 11.0. The van der Waals surface area contributed by atoms with Crippen molar-refractivity contribution in [3.63, 3.8) is 0 Å². The molecule has 32 heavy (non-hydrogen) atoms. The Balaban J connectivity index is 1.21. The monoisotopic (exact) mass is 477 g/mol. The Morgan fingerprint density at radius 3 is 2.62 bits per heavy atom. The highest BCUT2D eigenvalue weighted by Gasteiger charge is 2.26. The highest BCUT2D eigenvalue weighted by atomic mass is 35.5. The molecule has 0 bridgehead atoms. The lowest BCUT2D eigenvalue weighted by molar-refractivity contribution is -0.126. The van der Waals surface area contributed by atoms with Gasteiger partial charge in [-0.25, -0.2) is 0 Å². The number of nitrogens with zero attached hydrogens (tertiary/aromatic N) is 1. The van der Waals surface area contributed by atoms with Crippen LogP contribution in [-0.2, 0) is 16.0 Å². The van der Waals surface area contributed by atoms with Gasteiger partial charge in [-0.2, -0.15) is 0 Å². The first kappa shape index (κ1) is 22.9. The molecule has 2 aromatic rings. The Hall–Kier alpha value is -2.29. The van der Waals surface area contributed by atoms with E-state index in [0.29, 0.717) is 55.1 Å². The van der Waals surface area contributed by atoms with Gasteiger partial charge in [-0.15, -0.1) is 11.3 Å². The van der Waals surface area contributed by atoms with Gasteiger partial charge in [0.05, 0.1) is 30.5 Å². The SMILES string of the molecule is O=C(CN1CCC(C(=O)NCCc2cccs2)CC1)Nc1cc2c(cc1Cl)OCCCO2. The van der Waals surface area contributed by atoms with Gasteiger partial charge in [-0.1, -0.05) is 17.7 Å². The van der Waals surface area contributed by atoms with Crippen LogP contribution in [0.1, 0.15) is 24.1 Å². The van der Waals surface area contributed by atoms with E-state index in [1.54, 1.807) is 23.5 Å². The smallest absolute Gasteiger partial charge is 0.238 e. The molecule has 2 amide bonds. The summed E-state index contributed by atoms with van der Waals surface area (Å²) in [7, 11) is 0. The summed E-state index contributed by atoms with van der Waals surface area (Å²) in [5, 5.41) is 8.39. The third-order valence-corrected chi connectivity index (χ3v) is 6.94. The number of carbonyl (C=O) groups excluding carboxylic acids is 2. The van der Waals surface area contributed by atoms with Crippen molar-refractivity contribution in [2.24, 2.45) is 5.92 Å². The molecule has 0 radical (unpaired) electrons. The number of fused-ring (bicyclic) bond motifs is 1. The van der Waals surface area contributed by atoms with E-state index in [0.717, 1.165) is 25.7 Å². The number of thiophene rings is 1. The largest absolute Gasteiger partial charge is 0.490 e. The number of rotatable bonds is 7. The minimum Gasteiger partial charge on any atom is -0.490 e. The topological polar surface area (TPSA) is 79.9 Å². The normalized spacial score (nSPS) is 16.9. The van der Waals surface area contributed by atoms with Crippen molar-refractivity contribution in [1.29, 1.82) is 0 Å². The van der Waals surface area contributed by atoms with Gasteiger partial charge in [0.2, 0.25) is 11.8 Å². The quantitative estimate of drug-likeness (QED) is 0.637. The Kier molecular flexibility index (Phi) is 7.89. The average Bonchev–Trinajstić information content (AvgIpc) is 3.20. The van der Waals surface area contributed by atoms with Crippen LogP contribution in [0.5, 0.6) is 11.5 Å². The van der Waals surface area contributed by atoms with Crippen LogP contribution in [0, 0.1) is 5.92 Å². The molecule has 0 saturated carbocycles. The fourth-order valence-electron chi connectivity index (χ4n) is 3.93. The first-order chi connectivity index (χ1) is 15.6. The van der Waals surface area contributed by atoms with Gasteiger partial charge in [0.1, 0.15) is 0 Å². The lowest BCUT2D eigenvalue weighted by atomic mass is 9.96. The Bertz CT molecular complexity index is 930. The van der Waals surface area contributed by atoms with Crippen molar-refractivity contribution in [3.05, 3.63) is 39.5 Å². The molecule has 7 nitrogen and oxygen atoms in total. The maximum atomic E-state index is 12.6. The molecule has 1 aromatic carbocycles. The van der Waals surface area contributed by atoms with Crippen LogP contribution >= 0.6 is 22.9 Å². The number of benzene rings is 1. The van der Waals surface area contributed by atoms with Gasteiger partial charge in [0, 0.05) is 35.9 Å². The van der Waals surface area contributed by atoms with Crippen molar-refractivity contribution >= 4 is 40.4 Å². The van der Waals surface area contributed by atoms with Crippen molar-refractivity contribution in [1.82, 2.24) is 10.2 Å². The number of halogens is 1. The lowest BCUT2D eigenvalue weighted by Gasteiger charge is -2.30. The van der Waals surface area contributed by atoms with Gasteiger partial charge in [0.25, 0.3) is 0 Å². The molecule has 4 rings (SSSR count). The minimum atomic E-state index is -0.139. The molecule has 2 N–H and O–H groups in total. The molecule has 9 heteroatoms. The molecule has 3 heterocycles. The van der Waals surface area contributed by atoms with Crippen LogP contribution in [0.25, 0.3) is 0 Å². The number of likely N-dealkylation sites (tertiary alicyclic amines) is 1. The number of carbonyl (C=O) groups is 2. The van der Waals surface area contributed by atoms with Gasteiger partial charge in [-0.05, 0) is 43.8 Å². The number of ether oxygens (including phenoxy) is 2. The molecule has 0 unspecified atom stereocenters. The van der Waals surface area contributed by atoms with Crippen molar-refractivity contribution in [2.75, 3.05) is 44.7 Å². The molecule has 1 fully saturated rings. The molecule has 1 aromatic heterocycles. The summed E-state index contributed by atoms with van der Waals surface area (Å²) in [4.78, 5) is 28.4. The summed E-state index contributed by atoms with van der Waals surface area (Å²) in [6, 6.07) is 7.50. The van der Waals surface area contributed by atoms with E-state index in [9.17, 15) is 9.59 Å². The first-order valence-electron chi connectivity index (χ1n) is 11.0. The van der Waals surface area contributed by atoms with E-state index in [1.807, 2.05) is 11.4 Å². The third kappa shape index (κ3) is 6.15. The zero-order valence-corrected chi connectivity index (χ0v) is 19.5. The van der Waals surface area contributed by atoms with E-state index in [2.05, 4.69) is 21.6 Å². The summed E-state index contributed by atoms with van der Waals surface area (Å²) in [6.07, 6.45) is 3.17. The minimum absolute atomic E-state index is 0.00817. The molecule has 1 saturated heterocycles. The second-order valence-electron chi connectivity index (χ2n) is 8.05. The van der Waals surface area contributed by atoms with E-state index in [1.165, 1.54) is 4.88 Å². The van der Waals surface area contributed by atoms with Crippen LogP contribution in [0.3, 0.4) is 0 Å². The van der Waals surface area contributed by atoms with Crippen molar-refractivity contribution < 1.29 is 19.1 Å². The number of nitrogens with one attached hydrogen (secondary N) is 2. The van der Waals surface area contributed by atoms with Gasteiger partial charge >= 0.3 is 0 Å². The van der Waals surface area contributed by atoms with Gasteiger partial charge < -0.3 is 20.1 Å². The molecule has 2 aliphatic rings. The Labute approximate surface area is 197 Å². The highest BCUT2D eigenvalue weighted by Crippen LogP contribution is 2.37. The predicted octanol–water partition coefficient (Wildman–Crippen LogP) is 3.57. The zero-order valence-electron chi connectivity index (χ0n) is 17.9.